The van der Waals surface area contributed by atoms with Gasteiger partial charge in [0.05, 0.1) is 6.61 Å². The van der Waals surface area contributed by atoms with Gasteiger partial charge in [-0.3, -0.25) is 9.59 Å². The summed E-state index contributed by atoms with van der Waals surface area (Å²) in [7, 11) is 0. The molecule has 0 radical (unpaired) electrons. The molecule has 0 saturated carbocycles. The van der Waals surface area contributed by atoms with Crippen LogP contribution in [0.3, 0.4) is 0 Å². The summed E-state index contributed by atoms with van der Waals surface area (Å²) in [5, 5.41) is 5.63. The van der Waals surface area contributed by atoms with Crippen molar-refractivity contribution in [2.75, 3.05) is 18.6 Å². The molecule has 0 spiro atoms. The van der Waals surface area contributed by atoms with Crippen molar-refractivity contribution >= 4 is 23.6 Å². The third-order valence-corrected chi connectivity index (χ3v) is 4.39. The normalized spacial score (nSPS) is 14.3. The first-order valence-corrected chi connectivity index (χ1v) is 9.28. The van der Waals surface area contributed by atoms with E-state index in [0.29, 0.717) is 13.0 Å². The third-order valence-electron chi connectivity index (χ3n) is 3.74. The summed E-state index contributed by atoms with van der Waals surface area (Å²) in [5.74, 6) is 1.46. The van der Waals surface area contributed by atoms with Crippen LogP contribution in [0.25, 0.3) is 0 Å². The van der Waals surface area contributed by atoms with Gasteiger partial charge >= 0.3 is 0 Å². The minimum Gasteiger partial charge on any atom is -0.493 e. The number of amides is 2. The fourth-order valence-electron chi connectivity index (χ4n) is 2.59. The van der Waals surface area contributed by atoms with Gasteiger partial charge in [0.25, 0.3) is 0 Å². The molecular weight excluding hydrogens is 312 g/mol. The highest BCUT2D eigenvalue weighted by molar-refractivity contribution is 7.98. The average molecular weight is 336 g/mol. The van der Waals surface area contributed by atoms with Crippen molar-refractivity contribution in [2.45, 2.75) is 38.8 Å². The number of fused-ring (bicyclic) bond motifs is 1. The summed E-state index contributed by atoms with van der Waals surface area (Å²) in [6.07, 6.45) is 4.66. The summed E-state index contributed by atoms with van der Waals surface area (Å²) < 4.78 is 5.59. The van der Waals surface area contributed by atoms with Crippen molar-refractivity contribution in [3.8, 4) is 5.75 Å². The Morgan fingerprint density at radius 3 is 2.96 bits per heavy atom. The zero-order valence-corrected chi connectivity index (χ0v) is 14.5. The number of rotatable bonds is 7. The Kier molecular flexibility index (Phi) is 6.77. The van der Waals surface area contributed by atoms with Crippen molar-refractivity contribution in [3.63, 3.8) is 0 Å². The molecule has 2 N–H and O–H groups in total. The molecule has 1 atom stereocenters. The maximum atomic E-state index is 12.3. The van der Waals surface area contributed by atoms with Gasteiger partial charge in [0.2, 0.25) is 11.8 Å². The molecule has 1 aromatic carbocycles. The Morgan fingerprint density at radius 1 is 1.39 bits per heavy atom. The summed E-state index contributed by atoms with van der Waals surface area (Å²) in [5.41, 5.74) is 2.25. The van der Waals surface area contributed by atoms with Crippen LogP contribution in [0.1, 0.15) is 30.9 Å². The maximum absolute atomic E-state index is 12.3. The van der Waals surface area contributed by atoms with Gasteiger partial charge in [-0.25, -0.2) is 0 Å². The quantitative estimate of drug-likeness (QED) is 0.798. The van der Waals surface area contributed by atoms with Gasteiger partial charge in [-0.2, -0.15) is 11.8 Å². The number of nitrogens with one attached hydrogen (secondary N) is 2. The van der Waals surface area contributed by atoms with E-state index in [1.54, 1.807) is 11.8 Å². The van der Waals surface area contributed by atoms with E-state index in [2.05, 4.69) is 16.7 Å². The molecule has 0 unspecified atom stereocenters. The Bertz CT molecular complexity index is 563. The average Bonchev–Trinajstić information content (AvgIpc) is 2.56. The lowest BCUT2D eigenvalue weighted by Crippen LogP contribution is -2.46. The SMILES string of the molecule is CSCC[C@H](NC(C)=O)C(=O)NCc1ccc2c(c1)CCCO2. The lowest BCUT2D eigenvalue weighted by atomic mass is 10.0. The van der Waals surface area contributed by atoms with Crippen LogP contribution in [-0.4, -0.2) is 36.5 Å². The number of carbonyl (C=O) groups is 2. The van der Waals surface area contributed by atoms with Crippen molar-refractivity contribution in [1.82, 2.24) is 10.6 Å². The predicted octanol–water partition coefficient (Wildman–Crippen LogP) is 1.89. The lowest BCUT2D eigenvalue weighted by Gasteiger charge is -2.19. The number of benzene rings is 1. The highest BCUT2D eigenvalue weighted by Gasteiger charge is 2.19. The molecule has 23 heavy (non-hydrogen) atoms. The van der Waals surface area contributed by atoms with Crippen LogP contribution in [0.2, 0.25) is 0 Å². The number of thioether (sulfide) groups is 1. The van der Waals surface area contributed by atoms with E-state index >= 15 is 0 Å². The predicted molar refractivity (Wildman–Crippen MR) is 92.7 cm³/mol. The molecule has 5 nitrogen and oxygen atoms in total. The molecule has 0 aliphatic carbocycles. The van der Waals surface area contributed by atoms with Crippen molar-refractivity contribution in [2.24, 2.45) is 0 Å². The maximum Gasteiger partial charge on any atom is 0.242 e. The van der Waals surface area contributed by atoms with Gasteiger partial charge in [-0.15, -0.1) is 0 Å². The smallest absolute Gasteiger partial charge is 0.242 e. The lowest BCUT2D eigenvalue weighted by molar-refractivity contribution is -0.128. The first-order chi connectivity index (χ1) is 11.1. The van der Waals surface area contributed by atoms with Gasteiger partial charge in [0, 0.05) is 13.5 Å². The largest absolute Gasteiger partial charge is 0.493 e. The molecule has 0 fully saturated rings. The molecule has 1 aromatic rings. The zero-order chi connectivity index (χ0) is 16.7. The van der Waals surface area contributed by atoms with Crippen LogP contribution < -0.4 is 15.4 Å². The van der Waals surface area contributed by atoms with E-state index in [1.807, 2.05) is 18.4 Å². The second-order valence-electron chi connectivity index (χ2n) is 5.65. The molecule has 1 aliphatic heterocycles. The molecule has 2 amide bonds. The second-order valence-corrected chi connectivity index (χ2v) is 6.63. The summed E-state index contributed by atoms with van der Waals surface area (Å²) in [4.78, 5) is 23.5. The summed E-state index contributed by atoms with van der Waals surface area (Å²) in [6, 6.07) is 5.56. The monoisotopic (exact) mass is 336 g/mol. The molecule has 0 aromatic heterocycles. The van der Waals surface area contributed by atoms with Crippen molar-refractivity contribution < 1.29 is 14.3 Å². The van der Waals surface area contributed by atoms with Gasteiger partial charge in [-0.1, -0.05) is 12.1 Å². The first kappa shape index (κ1) is 17.7. The molecule has 1 aliphatic rings. The van der Waals surface area contributed by atoms with Crippen molar-refractivity contribution in [3.05, 3.63) is 29.3 Å². The van der Waals surface area contributed by atoms with Gasteiger partial charge in [0.15, 0.2) is 0 Å². The minimum absolute atomic E-state index is 0.136. The summed E-state index contributed by atoms with van der Waals surface area (Å²) in [6.45, 7) is 2.67. The topological polar surface area (TPSA) is 67.4 Å². The fraction of sp³-hybridized carbons (Fsp3) is 0.529. The molecule has 0 saturated heterocycles. The number of hydrogen-bond donors (Lipinski definition) is 2. The van der Waals surface area contributed by atoms with Crippen LogP contribution in [0, 0.1) is 0 Å². The van der Waals surface area contributed by atoms with E-state index < -0.39 is 6.04 Å². The number of aryl methyl sites for hydroxylation is 1. The molecular formula is C17H24N2O3S. The first-order valence-electron chi connectivity index (χ1n) is 7.88. The molecule has 126 valence electrons. The number of ether oxygens (including phenoxy) is 1. The van der Waals surface area contributed by atoms with Gasteiger partial charge in [-0.05, 0) is 48.5 Å². The van der Waals surface area contributed by atoms with Crippen LogP contribution in [0.4, 0.5) is 0 Å². The van der Waals surface area contributed by atoms with Crippen LogP contribution in [0.15, 0.2) is 18.2 Å². The highest BCUT2D eigenvalue weighted by atomic mass is 32.2. The van der Waals surface area contributed by atoms with Gasteiger partial charge in [0.1, 0.15) is 11.8 Å². The number of hydrogen-bond acceptors (Lipinski definition) is 4. The van der Waals surface area contributed by atoms with E-state index in [1.165, 1.54) is 12.5 Å². The second kappa shape index (κ2) is 8.82. The molecule has 2 rings (SSSR count). The van der Waals surface area contributed by atoms with Crippen LogP contribution in [-0.2, 0) is 22.6 Å². The highest BCUT2D eigenvalue weighted by Crippen LogP contribution is 2.25. The molecule has 0 bridgehead atoms. The number of carbonyl (C=O) groups excluding carboxylic acids is 2. The van der Waals surface area contributed by atoms with E-state index in [4.69, 9.17) is 4.74 Å². The zero-order valence-electron chi connectivity index (χ0n) is 13.7. The van der Waals surface area contributed by atoms with E-state index in [0.717, 1.165) is 36.5 Å². The Hall–Kier alpha value is -1.69. The van der Waals surface area contributed by atoms with E-state index in [9.17, 15) is 9.59 Å². The standard InChI is InChI=1S/C17H24N2O3S/c1-12(20)19-15(7-9-23-2)17(21)18-11-13-5-6-16-14(10-13)4-3-8-22-16/h5-6,10,15H,3-4,7-9,11H2,1-2H3,(H,18,21)(H,19,20)/t15-/m0/s1. The Labute approximate surface area is 141 Å². The Morgan fingerprint density at radius 2 is 2.22 bits per heavy atom. The van der Waals surface area contributed by atoms with Gasteiger partial charge < -0.3 is 15.4 Å². The fourth-order valence-corrected chi connectivity index (χ4v) is 3.06. The molecule has 6 heteroatoms. The Balaban J connectivity index is 1.92. The third kappa shape index (κ3) is 5.46. The van der Waals surface area contributed by atoms with Crippen LogP contribution >= 0.6 is 11.8 Å². The molecule has 1 heterocycles. The van der Waals surface area contributed by atoms with Crippen molar-refractivity contribution in [1.29, 1.82) is 0 Å². The minimum atomic E-state index is -0.471. The summed E-state index contributed by atoms with van der Waals surface area (Å²) >= 11 is 1.66. The van der Waals surface area contributed by atoms with Crippen LogP contribution in [0.5, 0.6) is 5.75 Å². The van der Waals surface area contributed by atoms with E-state index in [-0.39, 0.29) is 11.8 Å².